The third-order valence-electron chi connectivity index (χ3n) is 7.56. The van der Waals surface area contributed by atoms with E-state index in [-0.39, 0.29) is 30.2 Å². The maximum absolute atomic E-state index is 15.9. The summed E-state index contributed by atoms with van der Waals surface area (Å²) in [5, 5.41) is 7.83. The van der Waals surface area contributed by atoms with Gasteiger partial charge in [0.15, 0.2) is 0 Å². The summed E-state index contributed by atoms with van der Waals surface area (Å²) in [6.45, 7) is 15.0. The molecule has 1 amide bonds. The summed E-state index contributed by atoms with van der Waals surface area (Å²) in [5.41, 5.74) is -0.0489. The number of rotatable bonds is 10. The summed E-state index contributed by atoms with van der Waals surface area (Å²) < 4.78 is 54.9. The molecule has 2 heterocycles. The standard InChI is InChI=1S/C28H38BF2N3O5Si/c1-27(2)28(3,4)39-29(38-27)22-14-23(31)21(15-32-26(35)19-13-18(30)9-10-24(19)36-5)25-20(22)16-33-34(25)17-37-11-12-40(6,7)8/h9-10,13-14,16H,11-12,15,17H2,1-8H3,(H,32,35). The molecule has 0 radical (unpaired) electrons. The van der Waals surface area contributed by atoms with Crippen molar-refractivity contribution in [3.8, 4) is 5.75 Å². The van der Waals surface area contributed by atoms with E-state index >= 15 is 4.39 Å². The molecule has 216 valence electrons. The number of amides is 1. The van der Waals surface area contributed by atoms with Crippen LogP contribution in [-0.4, -0.2) is 55.8 Å². The maximum atomic E-state index is 15.9. The van der Waals surface area contributed by atoms with Crippen LogP contribution in [0, 0.1) is 11.6 Å². The first-order chi connectivity index (χ1) is 18.6. The molecule has 0 aliphatic carbocycles. The highest BCUT2D eigenvalue weighted by Crippen LogP contribution is 2.37. The van der Waals surface area contributed by atoms with Gasteiger partial charge in [0.1, 0.15) is 24.1 Å². The number of carbonyl (C=O) groups is 1. The highest BCUT2D eigenvalue weighted by Gasteiger charge is 2.52. The van der Waals surface area contributed by atoms with Gasteiger partial charge in [0.25, 0.3) is 5.91 Å². The molecule has 3 aromatic rings. The van der Waals surface area contributed by atoms with Gasteiger partial charge in [-0.25, -0.2) is 13.5 Å². The Morgan fingerprint density at radius 2 is 1.80 bits per heavy atom. The Morgan fingerprint density at radius 3 is 2.42 bits per heavy atom. The molecule has 0 spiro atoms. The van der Waals surface area contributed by atoms with Gasteiger partial charge in [0.2, 0.25) is 0 Å². The van der Waals surface area contributed by atoms with Crippen molar-refractivity contribution in [2.24, 2.45) is 0 Å². The molecule has 1 aliphatic rings. The van der Waals surface area contributed by atoms with Gasteiger partial charge in [-0.15, -0.1) is 0 Å². The molecule has 0 bridgehead atoms. The van der Waals surface area contributed by atoms with Crippen molar-refractivity contribution in [2.75, 3.05) is 13.7 Å². The number of nitrogens with zero attached hydrogens (tertiary/aromatic N) is 2. The molecule has 1 N–H and O–H groups in total. The molecule has 1 aromatic heterocycles. The Morgan fingerprint density at radius 1 is 1.12 bits per heavy atom. The van der Waals surface area contributed by atoms with Gasteiger partial charge in [0.05, 0.1) is 35.6 Å². The molecule has 4 rings (SSSR count). The highest BCUT2D eigenvalue weighted by molar-refractivity contribution is 6.76. The quantitative estimate of drug-likeness (QED) is 0.276. The van der Waals surface area contributed by atoms with Crippen molar-refractivity contribution in [2.45, 2.75) is 77.9 Å². The molecule has 40 heavy (non-hydrogen) atoms. The zero-order valence-electron chi connectivity index (χ0n) is 24.5. The number of hydrogen-bond acceptors (Lipinski definition) is 6. The Hall–Kier alpha value is -2.80. The SMILES string of the molecule is COc1ccc(F)cc1C(=O)NCc1c(F)cc(B2OC(C)(C)C(C)(C)O2)c2cnn(COCC[Si](C)(C)C)c12. The summed E-state index contributed by atoms with van der Waals surface area (Å²) in [4.78, 5) is 13.0. The number of benzene rings is 2. The fourth-order valence-corrected chi connectivity index (χ4v) is 5.17. The lowest BCUT2D eigenvalue weighted by molar-refractivity contribution is 0.00578. The van der Waals surface area contributed by atoms with E-state index in [0.717, 1.165) is 12.1 Å². The lowest BCUT2D eigenvalue weighted by Gasteiger charge is -2.32. The zero-order chi connectivity index (χ0) is 29.5. The fourth-order valence-electron chi connectivity index (χ4n) is 4.41. The molecule has 0 unspecified atom stereocenters. The van der Waals surface area contributed by atoms with Crippen LogP contribution in [0.5, 0.6) is 5.75 Å². The second-order valence-electron chi connectivity index (χ2n) is 12.3. The van der Waals surface area contributed by atoms with E-state index < -0.39 is 43.9 Å². The summed E-state index contributed by atoms with van der Waals surface area (Å²) in [7, 11) is -0.730. The second kappa shape index (κ2) is 11.2. The van der Waals surface area contributed by atoms with Crippen molar-refractivity contribution < 1.29 is 32.4 Å². The van der Waals surface area contributed by atoms with Crippen LogP contribution >= 0.6 is 0 Å². The molecule has 0 atom stereocenters. The summed E-state index contributed by atoms with van der Waals surface area (Å²) in [5.74, 6) is -1.54. The molecule has 1 fully saturated rings. The third kappa shape index (κ3) is 6.24. The van der Waals surface area contributed by atoms with Crippen molar-refractivity contribution in [3.05, 3.63) is 53.2 Å². The van der Waals surface area contributed by atoms with Gasteiger partial charge in [-0.1, -0.05) is 19.6 Å². The van der Waals surface area contributed by atoms with Crippen LogP contribution in [0.3, 0.4) is 0 Å². The predicted octanol–water partition coefficient (Wildman–Crippen LogP) is 4.86. The minimum atomic E-state index is -1.31. The third-order valence-corrected chi connectivity index (χ3v) is 9.26. The summed E-state index contributed by atoms with van der Waals surface area (Å²) in [6, 6.07) is 5.99. The van der Waals surface area contributed by atoms with Crippen LogP contribution in [0.1, 0.15) is 43.6 Å². The smallest absolute Gasteiger partial charge is 0.495 e. The van der Waals surface area contributed by atoms with Crippen LogP contribution in [0.4, 0.5) is 8.78 Å². The number of ether oxygens (including phenoxy) is 2. The van der Waals surface area contributed by atoms with E-state index in [2.05, 4.69) is 30.1 Å². The number of hydrogen-bond donors (Lipinski definition) is 1. The number of aromatic nitrogens is 2. The molecular weight excluding hydrogens is 535 g/mol. The maximum Gasteiger partial charge on any atom is 0.495 e. The fraction of sp³-hybridized carbons (Fsp3) is 0.500. The van der Waals surface area contributed by atoms with Gasteiger partial charge < -0.3 is 24.1 Å². The van der Waals surface area contributed by atoms with E-state index in [1.165, 1.54) is 25.3 Å². The molecular formula is C28H38BF2N3O5Si. The Bertz CT molecular complexity index is 1390. The molecule has 1 saturated heterocycles. The van der Waals surface area contributed by atoms with E-state index in [1.807, 2.05) is 27.7 Å². The molecule has 8 nitrogen and oxygen atoms in total. The summed E-state index contributed by atoms with van der Waals surface area (Å²) in [6.07, 6.45) is 1.64. The second-order valence-corrected chi connectivity index (χ2v) is 17.9. The first-order valence-electron chi connectivity index (χ1n) is 13.4. The lowest BCUT2D eigenvalue weighted by Crippen LogP contribution is -2.41. The average Bonchev–Trinajstić information content (AvgIpc) is 3.37. The zero-order valence-corrected chi connectivity index (χ0v) is 25.5. The van der Waals surface area contributed by atoms with E-state index in [0.29, 0.717) is 23.0 Å². The van der Waals surface area contributed by atoms with Gasteiger partial charge in [-0.2, -0.15) is 5.10 Å². The van der Waals surface area contributed by atoms with Crippen LogP contribution < -0.4 is 15.5 Å². The lowest BCUT2D eigenvalue weighted by atomic mass is 9.76. The number of halogens is 2. The molecule has 12 heteroatoms. The number of nitrogens with one attached hydrogen (secondary N) is 1. The molecule has 2 aromatic carbocycles. The predicted molar refractivity (Wildman–Crippen MR) is 154 cm³/mol. The average molecular weight is 574 g/mol. The monoisotopic (exact) mass is 573 g/mol. The molecule has 0 saturated carbocycles. The first-order valence-corrected chi connectivity index (χ1v) is 17.1. The Balaban J connectivity index is 1.69. The van der Waals surface area contributed by atoms with Gasteiger partial charge >= 0.3 is 7.12 Å². The van der Waals surface area contributed by atoms with Crippen LogP contribution in [-0.2, 0) is 27.3 Å². The van der Waals surface area contributed by atoms with E-state index in [9.17, 15) is 9.18 Å². The Kier molecular flexibility index (Phi) is 8.47. The van der Waals surface area contributed by atoms with Crippen molar-refractivity contribution in [1.82, 2.24) is 15.1 Å². The Labute approximate surface area is 235 Å². The number of fused-ring (bicyclic) bond motifs is 1. The van der Waals surface area contributed by atoms with E-state index in [4.69, 9.17) is 18.8 Å². The van der Waals surface area contributed by atoms with Crippen molar-refractivity contribution in [1.29, 1.82) is 0 Å². The first kappa shape index (κ1) is 30.2. The van der Waals surface area contributed by atoms with Crippen LogP contribution in [0.25, 0.3) is 10.9 Å². The minimum absolute atomic E-state index is 0.0104. The number of methoxy groups -OCH3 is 1. The highest BCUT2D eigenvalue weighted by atomic mass is 28.3. The van der Waals surface area contributed by atoms with Gasteiger partial charge in [-0.05, 0) is 63.5 Å². The minimum Gasteiger partial charge on any atom is -0.496 e. The van der Waals surface area contributed by atoms with E-state index in [1.54, 1.807) is 10.9 Å². The largest absolute Gasteiger partial charge is 0.496 e. The van der Waals surface area contributed by atoms with Gasteiger partial charge in [0, 0.05) is 32.2 Å². The van der Waals surface area contributed by atoms with Gasteiger partial charge in [-0.3, -0.25) is 4.79 Å². The normalized spacial score (nSPS) is 16.5. The van der Waals surface area contributed by atoms with Crippen molar-refractivity contribution >= 4 is 37.5 Å². The van der Waals surface area contributed by atoms with Crippen LogP contribution in [0.2, 0.25) is 25.7 Å². The number of carbonyl (C=O) groups excluding carboxylic acids is 1. The summed E-state index contributed by atoms with van der Waals surface area (Å²) >= 11 is 0. The molecule has 1 aliphatic heterocycles. The van der Waals surface area contributed by atoms with Crippen LogP contribution in [0.15, 0.2) is 30.5 Å². The van der Waals surface area contributed by atoms with Crippen molar-refractivity contribution in [3.63, 3.8) is 0 Å². The topological polar surface area (TPSA) is 83.8 Å².